The van der Waals surface area contributed by atoms with Gasteiger partial charge in [-0.3, -0.25) is 4.79 Å². The van der Waals surface area contributed by atoms with Crippen molar-refractivity contribution >= 4 is 23.4 Å². The zero-order valence-corrected chi connectivity index (χ0v) is 9.77. The van der Waals surface area contributed by atoms with Gasteiger partial charge in [-0.05, 0) is 19.2 Å². The standard InChI is InChI=1S/C11H13NO2S/c1-11(15-3)8-5-4-7(14-2)6-9(8)12-10(11)13/h4-6H,1-3H3,(H,12,13)/t11-/m0/s1. The SMILES string of the molecule is COc1ccc2c(c1)NC(=O)[C@@]2(C)SC. The maximum atomic E-state index is 11.8. The molecule has 0 aromatic heterocycles. The van der Waals surface area contributed by atoms with Gasteiger partial charge in [0.2, 0.25) is 5.91 Å². The van der Waals surface area contributed by atoms with Gasteiger partial charge < -0.3 is 10.1 Å². The van der Waals surface area contributed by atoms with Crippen LogP contribution in [0.3, 0.4) is 0 Å². The number of rotatable bonds is 2. The van der Waals surface area contributed by atoms with E-state index in [-0.39, 0.29) is 5.91 Å². The lowest BCUT2D eigenvalue weighted by atomic mass is 10.0. The molecule has 1 aliphatic heterocycles. The first-order valence-electron chi connectivity index (χ1n) is 4.67. The molecular formula is C11H13NO2S. The summed E-state index contributed by atoms with van der Waals surface area (Å²) in [5.41, 5.74) is 1.89. The molecule has 0 unspecified atom stereocenters. The van der Waals surface area contributed by atoms with Crippen LogP contribution >= 0.6 is 11.8 Å². The summed E-state index contributed by atoms with van der Waals surface area (Å²) < 4.78 is 4.65. The molecule has 1 aliphatic rings. The second-order valence-corrected chi connectivity index (χ2v) is 4.83. The highest BCUT2D eigenvalue weighted by atomic mass is 32.2. The Morgan fingerprint density at radius 3 is 2.80 bits per heavy atom. The quantitative estimate of drug-likeness (QED) is 0.835. The fourth-order valence-electron chi connectivity index (χ4n) is 1.74. The minimum atomic E-state index is -0.471. The summed E-state index contributed by atoms with van der Waals surface area (Å²) in [7, 11) is 1.62. The van der Waals surface area contributed by atoms with Crippen LogP contribution in [-0.2, 0) is 9.54 Å². The van der Waals surface area contributed by atoms with Crippen LogP contribution in [0.4, 0.5) is 5.69 Å². The van der Waals surface area contributed by atoms with Crippen molar-refractivity contribution in [1.82, 2.24) is 0 Å². The van der Waals surface area contributed by atoms with Crippen molar-refractivity contribution in [2.24, 2.45) is 0 Å². The van der Waals surface area contributed by atoms with Gasteiger partial charge in [-0.25, -0.2) is 0 Å². The Morgan fingerprint density at radius 1 is 1.47 bits per heavy atom. The molecule has 0 saturated carbocycles. The van der Waals surface area contributed by atoms with Gasteiger partial charge >= 0.3 is 0 Å². The van der Waals surface area contributed by atoms with E-state index in [2.05, 4.69) is 5.32 Å². The van der Waals surface area contributed by atoms with E-state index in [1.54, 1.807) is 18.9 Å². The highest BCUT2D eigenvalue weighted by molar-refractivity contribution is 8.00. The molecule has 0 radical (unpaired) electrons. The van der Waals surface area contributed by atoms with Gasteiger partial charge in [0.05, 0.1) is 7.11 Å². The lowest BCUT2D eigenvalue weighted by Gasteiger charge is -2.18. The number of hydrogen-bond acceptors (Lipinski definition) is 3. The van der Waals surface area contributed by atoms with Crippen molar-refractivity contribution in [1.29, 1.82) is 0 Å². The Kier molecular flexibility index (Phi) is 2.38. The summed E-state index contributed by atoms with van der Waals surface area (Å²) in [5, 5.41) is 2.87. The molecule has 1 N–H and O–H groups in total. The van der Waals surface area contributed by atoms with Crippen LogP contribution in [0, 0.1) is 0 Å². The molecule has 1 atom stereocenters. The fraction of sp³-hybridized carbons (Fsp3) is 0.364. The lowest BCUT2D eigenvalue weighted by Crippen LogP contribution is -2.26. The van der Waals surface area contributed by atoms with E-state index in [9.17, 15) is 4.79 Å². The van der Waals surface area contributed by atoms with Crippen LogP contribution < -0.4 is 10.1 Å². The van der Waals surface area contributed by atoms with E-state index in [1.165, 1.54) is 0 Å². The Labute approximate surface area is 93.2 Å². The molecule has 3 nitrogen and oxygen atoms in total. The van der Waals surface area contributed by atoms with Crippen LogP contribution in [0.1, 0.15) is 12.5 Å². The molecule has 15 heavy (non-hydrogen) atoms. The molecule has 1 aromatic carbocycles. The topological polar surface area (TPSA) is 38.3 Å². The third-order valence-electron chi connectivity index (χ3n) is 2.83. The van der Waals surface area contributed by atoms with Gasteiger partial charge in [0, 0.05) is 17.3 Å². The number of carbonyl (C=O) groups is 1. The van der Waals surface area contributed by atoms with Crippen molar-refractivity contribution in [2.75, 3.05) is 18.7 Å². The second-order valence-electron chi connectivity index (χ2n) is 3.60. The molecule has 1 amide bonds. The summed E-state index contributed by atoms with van der Waals surface area (Å²) >= 11 is 1.55. The second kappa shape index (κ2) is 3.45. The van der Waals surface area contributed by atoms with Gasteiger partial charge in [0.25, 0.3) is 0 Å². The Morgan fingerprint density at radius 2 is 2.20 bits per heavy atom. The van der Waals surface area contributed by atoms with Crippen LogP contribution in [0.5, 0.6) is 5.75 Å². The number of methoxy groups -OCH3 is 1. The monoisotopic (exact) mass is 223 g/mol. The largest absolute Gasteiger partial charge is 0.497 e. The molecule has 0 aliphatic carbocycles. The van der Waals surface area contributed by atoms with Crippen LogP contribution in [0.25, 0.3) is 0 Å². The number of carbonyl (C=O) groups excluding carboxylic acids is 1. The predicted molar refractivity (Wildman–Crippen MR) is 62.5 cm³/mol. The highest BCUT2D eigenvalue weighted by Gasteiger charge is 2.42. The summed E-state index contributed by atoms with van der Waals surface area (Å²) in [6.45, 7) is 1.94. The van der Waals surface area contributed by atoms with Crippen LogP contribution in [-0.4, -0.2) is 19.3 Å². The number of benzene rings is 1. The summed E-state index contributed by atoms with van der Waals surface area (Å²) in [6, 6.07) is 5.69. The number of amides is 1. The Balaban J connectivity index is 2.52. The zero-order chi connectivity index (χ0) is 11.1. The number of ether oxygens (including phenoxy) is 1. The predicted octanol–water partition coefficient (Wildman–Crippen LogP) is 2.23. The van der Waals surface area contributed by atoms with E-state index in [0.717, 1.165) is 17.0 Å². The average molecular weight is 223 g/mol. The summed E-state index contributed by atoms with van der Waals surface area (Å²) in [5.74, 6) is 0.803. The molecular weight excluding hydrogens is 210 g/mol. The number of anilines is 1. The minimum Gasteiger partial charge on any atom is -0.497 e. The van der Waals surface area contributed by atoms with E-state index >= 15 is 0 Å². The first-order valence-corrected chi connectivity index (χ1v) is 5.89. The average Bonchev–Trinajstić information content (AvgIpc) is 2.51. The van der Waals surface area contributed by atoms with Crippen LogP contribution in [0.15, 0.2) is 18.2 Å². The number of thioether (sulfide) groups is 1. The van der Waals surface area contributed by atoms with Gasteiger partial charge in [0.15, 0.2) is 0 Å². The minimum absolute atomic E-state index is 0.0400. The number of hydrogen-bond donors (Lipinski definition) is 1. The summed E-state index contributed by atoms with van der Waals surface area (Å²) in [4.78, 5) is 11.8. The summed E-state index contributed by atoms with van der Waals surface area (Å²) in [6.07, 6.45) is 1.94. The molecule has 1 heterocycles. The van der Waals surface area contributed by atoms with E-state index in [1.807, 2.05) is 31.4 Å². The van der Waals surface area contributed by atoms with E-state index in [0.29, 0.717) is 0 Å². The van der Waals surface area contributed by atoms with E-state index < -0.39 is 4.75 Å². The number of nitrogens with one attached hydrogen (secondary N) is 1. The van der Waals surface area contributed by atoms with Gasteiger partial charge in [0.1, 0.15) is 10.5 Å². The third-order valence-corrected chi connectivity index (χ3v) is 4.05. The molecule has 80 valence electrons. The lowest BCUT2D eigenvalue weighted by molar-refractivity contribution is -0.117. The molecule has 0 bridgehead atoms. The van der Waals surface area contributed by atoms with Gasteiger partial charge in [-0.1, -0.05) is 6.07 Å². The third kappa shape index (κ3) is 1.40. The molecule has 0 saturated heterocycles. The van der Waals surface area contributed by atoms with Crippen molar-refractivity contribution in [3.8, 4) is 5.75 Å². The molecule has 0 spiro atoms. The maximum Gasteiger partial charge on any atom is 0.244 e. The Hall–Kier alpha value is -1.16. The first-order chi connectivity index (χ1) is 7.11. The normalized spacial score (nSPS) is 23.5. The van der Waals surface area contributed by atoms with Gasteiger partial charge in [-0.15, -0.1) is 11.8 Å². The van der Waals surface area contributed by atoms with Crippen LogP contribution in [0.2, 0.25) is 0 Å². The highest BCUT2D eigenvalue weighted by Crippen LogP contribution is 2.45. The van der Waals surface area contributed by atoms with E-state index in [4.69, 9.17) is 4.74 Å². The Bertz CT molecular complexity index is 419. The molecule has 2 rings (SSSR count). The first kappa shape index (κ1) is 10.4. The smallest absolute Gasteiger partial charge is 0.244 e. The molecule has 1 aromatic rings. The van der Waals surface area contributed by atoms with Crippen molar-refractivity contribution in [3.63, 3.8) is 0 Å². The van der Waals surface area contributed by atoms with Crippen molar-refractivity contribution in [3.05, 3.63) is 23.8 Å². The maximum absolute atomic E-state index is 11.8. The zero-order valence-electron chi connectivity index (χ0n) is 8.96. The fourth-order valence-corrected chi connectivity index (χ4v) is 2.37. The number of fused-ring (bicyclic) bond motifs is 1. The van der Waals surface area contributed by atoms with Crippen molar-refractivity contribution in [2.45, 2.75) is 11.7 Å². The molecule has 0 fully saturated rings. The molecule has 4 heteroatoms. The van der Waals surface area contributed by atoms with Crippen molar-refractivity contribution < 1.29 is 9.53 Å². The van der Waals surface area contributed by atoms with Gasteiger partial charge in [-0.2, -0.15) is 0 Å².